The lowest BCUT2D eigenvalue weighted by molar-refractivity contribution is -0.917. The largest absolute Gasteiger partial charge is 0.507 e. The molecule has 1 aromatic carbocycles. The van der Waals surface area contributed by atoms with Gasteiger partial charge < -0.3 is 10.0 Å². The first kappa shape index (κ1) is 15.5. The van der Waals surface area contributed by atoms with Crippen LogP contribution < -0.4 is 4.90 Å². The van der Waals surface area contributed by atoms with Crippen LogP contribution in [-0.2, 0) is 0 Å². The Morgan fingerprint density at radius 2 is 2.14 bits per heavy atom. The number of halogens is 1. The molecule has 1 saturated heterocycles. The van der Waals surface area contributed by atoms with Gasteiger partial charge >= 0.3 is 0 Å². The van der Waals surface area contributed by atoms with E-state index in [0.29, 0.717) is 16.6 Å². The summed E-state index contributed by atoms with van der Waals surface area (Å²) >= 11 is 7.77. The van der Waals surface area contributed by atoms with Gasteiger partial charge in [-0.15, -0.1) is 11.3 Å². The maximum absolute atomic E-state index is 9.84. The van der Waals surface area contributed by atoms with E-state index in [-0.39, 0.29) is 5.75 Å². The molecule has 0 saturated carbocycles. The zero-order chi connectivity index (χ0) is 15.4. The number of phenolic OH excluding ortho intramolecular Hbond substituents is 1. The summed E-state index contributed by atoms with van der Waals surface area (Å²) in [6.45, 7) is 3.18. The first-order chi connectivity index (χ1) is 10.7. The van der Waals surface area contributed by atoms with E-state index in [4.69, 9.17) is 11.6 Å². The Morgan fingerprint density at radius 1 is 1.32 bits per heavy atom. The molecule has 1 aromatic heterocycles. The Hall–Kier alpha value is -1.36. The van der Waals surface area contributed by atoms with Crippen molar-refractivity contribution in [1.29, 1.82) is 0 Å². The molecule has 0 aliphatic carbocycles. The predicted molar refractivity (Wildman–Crippen MR) is 92.6 cm³/mol. The average molecular weight is 336 g/mol. The van der Waals surface area contributed by atoms with Gasteiger partial charge in [-0.05, 0) is 29.6 Å². The van der Waals surface area contributed by atoms with Gasteiger partial charge in [-0.1, -0.05) is 17.7 Å². The van der Waals surface area contributed by atoms with Gasteiger partial charge in [0, 0.05) is 29.6 Å². The summed E-state index contributed by atoms with van der Waals surface area (Å²) in [6, 6.07) is 9.74. The molecule has 0 bridgehead atoms. The van der Waals surface area contributed by atoms with Gasteiger partial charge in [-0.2, -0.15) is 0 Å². The maximum atomic E-state index is 9.84. The fourth-order valence-electron chi connectivity index (χ4n) is 2.97. The lowest BCUT2D eigenvalue weighted by atomic mass is 10.2. The Balaban J connectivity index is 1.73. The number of nitrogens with zero attached hydrogens (tertiary/aromatic N) is 1. The average Bonchev–Trinajstić information content (AvgIpc) is 3.20. The minimum atomic E-state index is 0.217. The fraction of sp³-hybridized carbons (Fsp3) is 0.353. The van der Waals surface area contributed by atoms with Crippen LogP contribution in [0.3, 0.4) is 0 Å². The summed E-state index contributed by atoms with van der Waals surface area (Å²) in [4.78, 5) is 7.60. The number of nitrogens with one attached hydrogen (secondary N) is 1. The van der Waals surface area contributed by atoms with Gasteiger partial charge in [0.2, 0.25) is 0 Å². The maximum Gasteiger partial charge on any atom is 0.142 e. The quantitative estimate of drug-likeness (QED) is 0.810. The van der Waals surface area contributed by atoms with Crippen LogP contribution in [0.25, 0.3) is 0 Å². The highest BCUT2D eigenvalue weighted by molar-refractivity contribution is 7.10. The molecule has 1 fully saturated rings. The number of likely N-dealkylation sites (tertiary alicyclic amines) is 1. The van der Waals surface area contributed by atoms with E-state index in [1.54, 1.807) is 40.7 Å². The number of benzene rings is 1. The van der Waals surface area contributed by atoms with Crippen LogP contribution in [0.5, 0.6) is 5.75 Å². The van der Waals surface area contributed by atoms with Gasteiger partial charge in [-0.3, -0.25) is 4.99 Å². The van der Waals surface area contributed by atoms with Crippen molar-refractivity contribution < 1.29 is 10.0 Å². The predicted octanol–water partition coefficient (Wildman–Crippen LogP) is 2.95. The molecule has 2 heterocycles. The van der Waals surface area contributed by atoms with Crippen LogP contribution in [0.4, 0.5) is 0 Å². The highest BCUT2D eigenvalue weighted by atomic mass is 35.5. The highest BCUT2D eigenvalue weighted by Gasteiger charge is 2.27. The summed E-state index contributed by atoms with van der Waals surface area (Å²) in [7, 11) is 0. The van der Waals surface area contributed by atoms with Gasteiger partial charge in [0.1, 0.15) is 11.8 Å². The minimum absolute atomic E-state index is 0.217. The summed E-state index contributed by atoms with van der Waals surface area (Å²) < 4.78 is 0. The molecule has 0 amide bonds. The van der Waals surface area contributed by atoms with Crippen molar-refractivity contribution in [2.75, 3.05) is 19.6 Å². The number of phenols is 1. The Bertz CT molecular complexity index is 636. The zero-order valence-electron chi connectivity index (χ0n) is 12.3. The molecule has 5 heteroatoms. The van der Waals surface area contributed by atoms with Crippen molar-refractivity contribution in [3.05, 3.63) is 51.2 Å². The molecule has 0 unspecified atom stereocenters. The summed E-state index contributed by atoms with van der Waals surface area (Å²) in [5, 5.41) is 12.6. The minimum Gasteiger partial charge on any atom is -0.507 e. The molecular weight excluding hydrogens is 316 g/mol. The van der Waals surface area contributed by atoms with E-state index in [1.807, 2.05) is 0 Å². The molecule has 2 aromatic rings. The van der Waals surface area contributed by atoms with Crippen LogP contribution in [0.1, 0.15) is 29.3 Å². The third kappa shape index (κ3) is 3.69. The Morgan fingerprint density at radius 3 is 2.86 bits per heavy atom. The number of hydrogen-bond acceptors (Lipinski definition) is 3. The van der Waals surface area contributed by atoms with E-state index >= 15 is 0 Å². The van der Waals surface area contributed by atoms with Gasteiger partial charge in [0.25, 0.3) is 0 Å². The number of aliphatic imine (C=N–C) groups is 1. The molecule has 116 valence electrons. The molecule has 2 N–H and O–H groups in total. The topological polar surface area (TPSA) is 37.0 Å². The molecule has 3 rings (SSSR count). The third-order valence-electron chi connectivity index (χ3n) is 4.13. The van der Waals surface area contributed by atoms with Crippen LogP contribution in [0.15, 0.2) is 40.7 Å². The number of rotatable bonds is 5. The molecule has 0 spiro atoms. The Kier molecular flexibility index (Phi) is 5.13. The van der Waals surface area contributed by atoms with Gasteiger partial charge in [0.05, 0.1) is 24.5 Å². The van der Waals surface area contributed by atoms with E-state index in [1.165, 1.54) is 30.8 Å². The van der Waals surface area contributed by atoms with Crippen molar-refractivity contribution in [2.24, 2.45) is 4.99 Å². The summed E-state index contributed by atoms with van der Waals surface area (Å²) in [6.07, 6.45) is 4.34. The second-order valence-corrected chi connectivity index (χ2v) is 7.05. The first-order valence-electron chi connectivity index (χ1n) is 7.60. The van der Waals surface area contributed by atoms with Crippen LogP contribution in [-0.4, -0.2) is 31.0 Å². The van der Waals surface area contributed by atoms with Gasteiger partial charge in [-0.25, -0.2) is 0 Å². The van der Waals surface area contributed by atoms with E-state index in [9.17, 15) is 5.11 Å². The first-order valence-corrected chi connectivity index (χ1v) is 8.86. The fourth-order valence-corrected chi connectivity index (χ4v) is 4.03. The van der Waals surface area contributed by atoms with Crippen LogP contribution >= 0.6 is 22.9 Å². The molecule has 0 radical (unpaired) electrons. The normalized spacial score (nSPS) is 17.3. The highest BCUT2D eigenvalue weighted by Crippen LogP contribution is 2.21. The molecule has 3 nitrogen and oxygen atoms in total. The third-order valence-corrected chi connectivity index (χ3v) is 5.35. The molecule has 22 heavy (non-hydrogen) atoms. The van der Waals surface area contributed by atoms with Crippen molar-refractivity contribution in [3.8, 4) is 5.75 Å². The number of hydrogen-bond donors (Lipinski definition) is 2. The molecule has 1 aliphatic heterocycles. The molecule has 1 atom stereocenters. The number of aromatic hydroxyl groups is 1. The summed E-state index contributed by atoms with van der Waals surface area (Å²) in [5.41, 5.74) is 0.675. The summed E-state index contributed by atoms with van der Waals surface area (Å²) in [5.74, 6) is 0.217. The lowest BCUT2D eigenvalue weighted by Crippen LogP contribution is -3.10. The molecular formula is C17H20ClN2OS+. The SMILES string of the molecule is Oc1ccc(Cl)cc1C=NC[C@@H](c1cccs1)[NH+]1CCCC1. The van der Waals surface area contributed by atoms with Gasteiger partial charge in [0.15, 0.2) is 0 Å². The van der Waals surface area contributed by atoms with E-state index in [2.05, 4.69) is 22.5 Å². The van der Waals surface area contributed by atoms with Crippen LogP contribution in [0.2, 0.25) is 5.02 Å². The van der Waals surface area contributed by atoms with Crippen molar-refractivity contribution in [3.63, 3.8) is 0 Å². The lowest BCUT2D eigenvalue weighted by Gasteiger charge is -2.22. The number of quaternary nitrogens is 1. The van der Waals surface area contributed by atoms with Crippen molar-refractivity contribution >= 4 is 29.2 Å². The second-order valence-electron chi connectivity index (χ2n) is 5.63. The standard InChI is InChI=1S/C17H19ClN2OS/c18-14-5-6-16(21)13(10-14)11-19-12-15(17-4-3-9-22-17)20-7-1-2-8-20/h3-6,9-11,15,21H,1-2,7-8,12H2/p+1/t15-/m0/s1. The van der Waals surface area contributed by atoms with Crippen molar-refractivity contribution in [1.82, 2.24) is 0 Å². The van der Waals surface area contributed by atoms with E-state index in [0.717, 1.165) is 6.54 Å². The smallest absolute Gasteiger partial charge is 0.142 e. The second kappa shape index (κ2) is 7.27. The van der Waals surface area contributed by atoms with Crippen LogP contribution in [0, 0.1) is 0 Å². The molecule has 1 aliphatic rings. The monoisotopic (exact) mass is 335 g/mol. The number of thiophene rings is 1. The van der Waals surface area contributed by atoms with Crippen molar-refractivity contribution in [2.45, 2.75) is 18.9 Å². The zero-order valence-corrected chi connectivity index (χ0v) is 13.9. The van der Waals surface area contributed by atoms with E-state index < -0.39 is 0 Å². The Labute approximate surface area is 139 Å².